The van der Waals surface area contributed by atoms with Gasteiger partial charge in [-0.25, -0.2) is 4.68 Å². The van der Waals surface area contributed by atoms with Gasteiger partial charge in [0.25, 0.3) is 0 Å². The standard InChI is InChI=1S/C11H6BrF3N4/c12-8-5-19(18-10(8)17)9-2-1-7(11(13,14)15)3-6(9)4-16/h1-3,5H,(H2,17,18). The Morgan fingerprint density at radius 3 is 2.53 bits per heavy atom. The van der Waals surface area contributed by atoms with Crippen LogP contribution in [0.15, 0.2) is 28.9 Å². The number of hydrogen-bond donors (Lipinski definition) is 1. The van der Waals surface area contributed by atoms with E-state index in [2.05, 4.69) is 21.0 Å². The maximum absolute atomic E-state index is 12.5. The van der Waals surface area contributed by atoms with Crippen LogP contribution in [0.5, 0.6) is 0 Å². The molecule has 0 saturated carbocycles. The van der Waals surface area contributed by atoms with E-state index in [9.17, 15) is 13.2 Å². The number of anilines is 1. The molecule has 0 atom stereocenters. The normalized spacial score (nSPS) is 11.3. The fraction of sp³-hybridized carbons (Fsp3) is 0.0909. The van der Waals surface area contributed by atoms with Gasteiger partial charge in [0.15, 0.2) is 5.82 Å². The highest BCUT2D eigenvalue weighted by Gasteiger charge is 2.31. The summed E-state index contributed by atoms with van der Waals surface area (Å²) in [6.45, 7) is 0. The van der Waals surface area contributed by atoms with Crippen LogP contribution in [0.2, 0.25) is 0 Å². The van der Waals surface area contributed by atoms with Crippen molar-refractivity contribution in [3.05, 3.63) is 40.0 Å². The van der Waals surface area contributed by atoms with E-state index in [1.165, 1.54) is 16.9 Å². The highest BCUT2D eigenvalue weighted by atomic mass is 79.9. The van der Waals surface area contributed by atoms with Gasteiger partial charge in [-0.1, -0.05) is 0 Å². The van der Waals surface area contributed by atoms with Crippen molar-refractivity contribution in [2.75, 3.05) is 5.73 Å². The average Bonchev–Trinajstić information content (AvgIpc) is 2.67. The lowest BCUT2D eigenvalue weighted by Gasteiger charge is -2.09. The van der Waals surface area contributed by atoms with Gasteiger partial charge in [0.1, 0.15) is 6.07 Å². The third kappa shape index (κ3) is 2.56. The largest absolute Gasteiger partial charge is 0.416 e. The second-order valence-electron chi connectivity index (χ2n) is 3.65. The third-order valence-corrected chi connectivity index (χ3v) is 3.00. The molecule has 19 heavy (non-hydrogen) atoms. The van der Waals surface area contributed by atoms with Crippen molar-refractivity contribution in [2.45, 2.75) is 6.18 Å². The quantitative estimate of drug-likeness (QED) is 0.873. The molecular weight excluding hydrogens is 325 g/mol. The Morgan fingerprint density at radius 2 is 2.05 bits per heavy atom. The predicted octanol–water partition coefficient (Wildman–Crippen LogP) is 3.11. The molecule has 0 spiro atoms. The summed E-state index contributed by atoms with van der Waals surface area (Å²) in [6.07, 6.45) is -3.02. The van der Waals surface area contributed by atoms with Crippen molar-refractivity contribution in [1.29, 1.82) is 5.26 Å². The van der Waals surface area contributed by atoms with Crippen molar-refractivity contribution in [2.24, 2.45) is 0 Å². The minimum Gasteiger partial charge on any atom is -0.381 e. The Morgan fingerprint density at radius 1 is 1.37 bits per heavy atom. The summed E-state index contributed by atoms with van der Waals surface area (Å²) >= 11 is 3.13. The number of nitrogen functional groups attached to an aromatic ring is 1. The molecule has 0 bridgehead atoms. The lowest BCUT2D eigenvalue weighted by Crippen LogP contribution is -2.07. The van der Waals surface area contributed by atoms with Crippen molar-refractivity contribution in [1.82, 2.24) is 9.78 Å². The van der Waals surface area contributed by atoms with E-state index in [0.29, 0.717) is 4.47 Å². The van der Waals surface area contributed by atoms with Crippen LogP contribution < -0.4 is 5.73 Å². The second kappa shape index (κ2) is 4.59. The number of hydrogen-bond acceptors (Lipinski definition) is 3. The fourth-order valence-electron chi connectivity index (χ4n) is 1.49. The zero-order valence-corrected chi connectivity index (χ0v) is 10.8. The van der Waals surface area contributed by atoms with Crippen LogP contribution in [-0.2, 0) is 6.18 Å². The monoisotopic (exact) mass is 330 g/mol. The Bertz CT molecular complexity index is 650. The van der Waals surface area contributed by atoms with Gasteiger partial charge in [-0.3, -0.25) is 0 Å². The number of aromatic nitrogens is 2. The van der Waals surface area contributed by atoms with Gasteiger partial charge in [-0.2, -0.15) is 18.4 Å². The van der Waals surface area contributed by atoms with Gasteiger partial charge in [0, 0.05) is 6.20 Å². The Labute approximate surface area is 114 Å². The summed E-state index contributed by atoms with van der Waals surface area (Å²) < 4.78 is 39.4. The summed E-state index contributed by atoms with van der Waals surface area (Å²) in [7, 11) is 0. The minimum atomic E-state index is -4.49. The molecule has 0 unspecified atom stereocenters. The van der Waals surface area contributed by atoms with Gasteiger partial charge < -0.3 is 5.73 Å². The molecule has 4 nitrogen and oxygen atoms in total. The summed E-state index contributed by atoms with van der Waals surface area (Å²) in [5, 5.41) is 12.8. The van der Waals surface area contributed by atoms with E-state index in [-0.39, 0.29) is 17.1 Å². The van der Waals surface area contributed by atoms with Crippen LogP contribution in [0.3, 0.4) is 0 Å². The average molecular weight is 331 g/mol. The number of nitriles is 1. The van der Waals surface area contributed by atoms with Gasteiger partial charge in [-0.15, -0.1) is 5.10 Å². The molecule has 8 heteroatoms. The molecule has 0 saturated heterocycles. The first kappa shape index (κ1) is 13.4. The molecule has 0 radical (unpaired) electrons. The first-order valence-corrected chi connectivity index (χ1v) is 5.74. The second-order valence-corrected chi connectivity index (χ2v) is 4.50. The van der Waals surface area contributed by atoms with Gasteiger partial charge in [-0.05, 0) is 34.1 Å². The van der Waals surface area contributed by atoms with E-state index in [1.807, 2.05) is 0 Å². The maximum atomic E-state index is 12.5. The molecule has 1 aromatic carbocycles. The topological polar surface area (TPSA) is 67.6 Å². The zero-order chi connectivity index (χ0) is 14.2. The Kier molecular flexibility index (Phi) is 3.24. The van der Waals surface area contributed by atoms with Crippen LogP contribution in [-0.4, -0.2) is 9.78 Å². The maximum Gasteiger partial charge on any atom is 0.416 e. The molecule has 1 heterocycles. The number of benzene rings is 1. The molecule has 2 N–H and O–H groups in total. The molecule has 98 valence electrons. The third-order valence-electron chi connectivity index (χ3n) is 2.39. The molecule has 2 rings (SSSR count). The first-order chi connectivity index (χ1) is 8.82. The number of alkyl halides is 3. The smallest absolute Gasteiger partial charge is 0.381 e. The summed E-state index contributed by atoms with van der Waals surface area (Å²) in [6, 6.07) is 4.57. The molecule has 0 fully saturated rings. The molecule has 0 aliphatic rings. The van der Waals surface area contributed by atoms with Crippen LogP contribution in [0, 0.1) is 11.3 Å². The van der Waals surface area contributed by atoms with Crippen LogP contribution in [0.1, 0.15) is 11.1 Å². The first-order valence-electron chi connectivity index (χ1n) is 4.95. The lowest BCUT2D eigenvalue weighted by atomic mass is 10.1. The van der Waals surface area contributed by atoms with Crippen molar-refractivity contribution in [3.8, 4) is 11.8 Å². The summed E-state index contributed by atoms with van der Waals surface area (Å²) in [4.78, 5) is 0. The van der Waals surface area contributed by atoms with Gasteiger partial charge in [0.2, 0.25) is 0 Å². The Hall–Kier alpha value is -2.01. The summed E-state index contributed by atoms with van der Waals surface area (Å²) in [5.74, 6) is 0.184. The van der Waals surface area contributed by atoms with E-state index in [0.717, 1.165) is 12.1 Å². The van der Waals surface area contributed by atoms with Gasteiger partial charge >= 0.3 is 6.18 Å². The minimum absolute atomic E-state index is 0.134. The number of rotatable bonds is 1. The van der Waals surface area contributed by atoms with Crippen molar-refractivity contribution < 1.29 is 13.2 Å². The van der Waals surface area contributed by atoms with E-state index in [4.69, 9.17) is 11.0 Å². The van der Waals surface area contributed by atoms with Crippen LogP contribution in [0.4, 0.5) is 19.0 Å². The number of nitrogens with two attached hydrogens (primary N) is 1. The summed E-state index contributed by atoms with van der Waals surface area (Å²) in [5.41, 5.74) is 4.74. The zero-order valence-electron chi connectivity index (χ0n) is 9.24. The van der Waals surface area contributed by atoms with Crippen molar-refractivity contribution in [3.63, 3.8) is 0 Å². The number of halogens is 4. The molecular formula is C11H6BrF3N4. The molecule has 2 aromatic rings. The molecule has 0 aliphatic carbocycles. The predicted molar refractivity (Wildman–Crippen MR) is 65.4 cm³/mol. The molecule has 0 aliphatic heterocycles. The van der Waals surface area contributed by atoms with Crippen LogP contribution in [0.25, 0.3) is 5.69 Å². The Balaban J connectivity index is 2.57. The van der Waals surface area contributed by atoms with Gasteiger partial charge in [0.05, 0.1) is 21.3 Å². The molecule has 0 amide bonds. The molecule has 1 aromatic heterocycles. The fourth-order valence-corrected chi connectivity index (χ4v) is 1.76. The van der Waals surface area contributed by atoms with Crippen LogP contribution >= 0.6 is 15.9 Å². The highest BCUT2D eigenvalue weighted by Crippen LogP contribution is 2.31. The van der Waals surface area contributed by atoms with E-state index < -0.39 is 11.7 Å². The lowest BCUT2D eigenvalue weighted by molar-refractivity contribution is -0.137. The highest BCUT2D eigenvalue weighted by molar-refractivity contribution is 9.10. The van der Waals surface area contributed by atoms with E-state index in [1.54, 1.807) is 6.07 Å². The number of nitrogens with zero attached hydrogens (tertiary/aromatic N) is 3. The van der Waals surface area contributed by atoms with Crippen molar-refractivity contribution >= 4 is 21.7 Å². The van der Waals surface area contributed by atoms with E-state index >= 15 is 0 Å². The SMILES string of the molecule is N#Cc1cc(C(F)(F)F)ccc1-n1cc(Br)c(N)n1.